The first-order chi connectivity index (χ1) is 7.18. The van der Waals surface area contributed by atoms with Crippen molar-refractivity contribution < 1.29 is 0 Å². The minimum absolute atomic E-state index is 0.583. The molecule has 1 aliphatic carbocycles. The average Bonchev–Trinajstić information content (AvgIpc) is 3.03. The van der Waals surface area contributed by atoms with Gasteiger partial charge in [0, 0.05) is 12.6 Å². The highest BCUT2D eigenvalue weighted by atomic mass is 35.5. The highest BCUT2D eigenvalue weighted by molar-refractivity contribution is 6.42. The summed E-state index contributed by atoms with van der Waals surface area (Å²) >= 11 is 12.0. The second-order valence-electron chi connectivity index (χ2n) is 4.22. The number of rotatable bonds is 4. The van der Waals surface area contributed by atoms with Crippen LogP contribution in [0.5, 0.6) is 0 Å². The molecule has 1 nitrogen and oxygen atoms in total. The van der Waals surface area contributed by atoms with Gasteiger partial charge in [-0.15, -0.1) is 0 Å². The topological polar surface area (TPSA) is 12.0 Å². The van der Waals surface area contributed by atoms with Gasteiger partial charge in [0.2, 0.25) is 0 Å². The van der Waals surface area contributed by atoms with Crippen LogP contribution in [0, 0.1) is 5.92 Å². The molecule has 1 fully saturated rings. The maximum absolute atomic E-state index is 6.10. The van der Waals surface area contributed by atoms with Gasteiger partial charge < -0.3 is 5.32 Å². The normalized spacial score (nSPS) is 17.8. The van der Waals surface area contributed by atoms with Gasteiger partial charge >= 0.3 is 0 Å². The minimum atomic E-state index is 0.583. The number of nitrogens with one attached hydrogen (secondary N) is 1. The Kier molecular flexibility index (Phi) is 3.55. The molecule has 1 aromatic rings. The Labute approximate surface area is 101 Å². The summed E-state index contributed by atoms with van der Waals surface area (Å²) < 4.78 is 0. The minimum Gasteiger partial charge on any atom is -0.310 e. The third kappa shape index (κ3) is 2.87. The Hall–Kier alpha value is -0.240. The molecule has 1 aromatic carbocycles. The molecule has 0 aromatic heterocycles. The third-order valence-electron chi connectivity index (χ3n) is 2.98. The monoisotopic (exact) mass is 243 g/mol. The zero-order valence-corrected chi connectivity index (χ0v) is 10.3. The Morgan fingerprint density at radius 3 is 2.80 bits per heavy atom. The zero-order valence-electron chi connectivity index (χ0n) is 8.76. The first kappa shape index (κ1) is 11.3. The molecule has 0 bridgehead atoms. The fourth-order valence-corrected chi connectivity index (χ4v) is 2.11. The molecule has 0 radical (unpaired) electrons. The molecule has 1 aliphatic rings. The molecular weight excluding hydrogens is 229 g/mol. The van der Waals surface area contributed by atoms with Crippen molar-refractivity contribution in [1.82, 2.24) is 5.32 Å². The van der Waals surface area contributed by atoms with Crippen LogP contribution < -0.4 is 5.32 Å². The lowest BCUT2D eigenvalue weighted by molar-refractivity contribution is 0.496. The molecule has 1 saturated carbocycles. The van der Waals surface area contributed by atoms with Crippen molar-refractivity contribution >= 4 is 23.2 Å². The van der Waals surface area contributed by atoms with Crippen LogP contribution in [0.2, 0.25) is 10.0 Å². The van der Waals surface area contributed by atoms with Gasteiger partial charge in [-0.25, -0.2) is 0 Å². The number of benzene rings is 1. The van der Waals surface area contributed by atoms with Crippen molar-refractivity contribution in [1.29, 1.82) is 0 Å². The summed E-state index contributed by atoms with van der Waals surface area (Å²) in [6, 6.07) is 6.35. The van der Waals surface area contributed by atoms with Crippen molar-refractivity contribution in [3.63, 3.8) is 0 Å². The van der Waals surface area contributed by atoms with Crippen molar-refractivity contribution in [3.8, 4) is 0 Å². The SMILES string of the molecule is CC(NCc1cccc(Cl)c1Cl)C1CC1. The first-order valence-electron chi connectivity index (χ1n) is 5.34. The number of hydrogen-bond acceptors (Lipinski definition) is 1. The van der Waals surface area contributed by atoms with Gasteiger partial charge in [-0.05, 0) is 37.3 Å². The van der Waals surface area contributed by atoms with Crippen molar-refractivity contribution in [2.75, 3.05) is 0 Å². The summed E-state index contributed by atoms with van der Waals surface area (Å²) in [5, 5.41) is 4.80. The van der Waals surface area contributed by atoms with E-state index < -0.39 is 0 Å². The van der Waals surface area contributed by atoms with Gasteiger partial charge in [-0.3, -0.25) is 0 Å². The Balaban J connectivity index is 1.95. The summed E-state index contributed by atoms with van der Waals surface area (Å²) in [5.74, 6) is 0.864. The fraction of sp³-hybridized carbons (Fsp3) is 0.500. The predicted octanol–water partition coefficient (Wildman–Crippen LogP) is 3.88. The van der Waals surface area contributed by atoms with Gasteiger partial charge in [0.1, 0.15) is 0 Å². The highest BCUT2D eigenvalue weighted by Gasteiger charge is 2.27. The predicted molar refractivity (Wildman–Crippen MR) is 65.5 cm³/mol. The number of halogens is 2. The van der Waals surface area contributed by atoms with Crippen molar-refractivity contribution in [2.24, 2.45) is 5.92 Å². The molecule has 0 heterocycles. The van der Waals surface area contributed by atoms with Crippen LogP contribution in [0.15, 0.2) is 18.2 Å². The molecule has 82 valence electrons. The molecule has 3 heteroatoms. The molecule has 0 amide bonds. The van der Waals surface area contributed by atoms with Crippen LogP contribution >= 0.6 is 23.2 Å². The average molecular weight is 244 g/mol. The summed E-state index contributed by atoms with van der Waals surface area (Å²) in [7, 11) is 0. The summed E-state index contributed by atoms with van der Waals surface area (Å²) in [4.78, 5) is 0. The van der Waals surface area contributed by atoms with Crippen LogP contribution in [0.4, 0.5) is 0 Å². The Bertz CT molecular complexity index is 347. The summed E-state index contributed by atoms with van der Waals surface area (Å²) in [6.45, 7) is 3.03. The molecular formula is C12H15Cl2N. The van der Waals surface area contributed by atoms with E-state index in [0.717, 1.165) is 18.0 Å². The van der Waals surface area contributed by atoms with Crippen LogP contribution in [0.3, 0.4) is 0 Å². The molecule has 0 aliphatic heterocycles. The molecule has 0 spiro atoms. The van der Waals surface area contributed by atoms with Gasteiger partial charge in [-0.2, -0.15) is 0 Å². The van der Waals surface area contributed by atoms with E-state index in [1.165, 1.54) is 12.8 Å². The Morgan fingerprint density at radius 1 is 1.40 bits per heavy atom. The van der Waals surface area contributed by atoms with E-state index in [-0.39, 0.29) is 0 Å². The van der Waals surface area contributed by atoms with Crippen LogP contribution in [-0.4, -0.2) is 6.04 Å². The molecule has 1 atom stereocenters. The summed E-state index contributed by atoms with van der Waals surface area (Å²) in [5.41, 5.74) is 1.08. The molecule has 15 heavy (non-hydrogen) atoms. The maximum Gasteiger partial charge on any atom is 0.0637 e. The van der Waals surface area contributed by atoms with E-state index in [9.17, 15) is 0 Å². The lowest BCUT2D eigenvalue weighted by Crippen LogP contribution is -2.27. The lowest BCUT2D eigenvalue weighted by atomic mass is 10.2. The second-order valence-corrected chi connectivity index (χ2v) is 5.01. The molecule has 0 saturated heterocycles. The smallest absolute Gasteiger partial charge is 0.0637 e. The quantitative estimate of drug-likeness (QED) is 0.847. The maximum atomic E-state index is 6.10. The van der Waals surface area contributed by atoms with E-state index in [1.54, 1.807) is 0 Å². The van der Waals surface area contributed by atoms with Crippen LogP contribution in [-0.2, 0) is 6.54 Å². The van der Waals surface area contributed by atoms with Gasteiger partial charge in [-0.1, -0.05) is 35.3 Å². The second kappa shape index (κ2) is 4.73. The largest absolute Gasteiger partial charge is 0.310 e. The summed E-state index contributed by atoms with van der Waals surface area (Å²) in [6.07, 6.45) is 2.72. The van der Waals surface area contributed by atoms with Crippen LogP contribution in [0.1, 0.15) is 25.3 Å². The fourth-order valence-electron chi connectivity index (χ4n) is 1.72. The van der Waals surface area contributed by atoms with Crippen LogP contribution in [0.25, 0.3) is 0 Å². The van der Waals surface area contributed by atoms with Gasteiger partial charge in [0.25, 0.3) is 0 Å². The van der Waals surface area contributed by atoms with Crippen molar-refractivity contribution in [3.05, 3.63) is 33.8 Å². The zero-order chi connectivity index (χ0) is 10.8. The van der Waals surface area contributed by atoms with E-state index in [4.69, 9.17) is 23.2 Å². The highest BCUT2D eigenvalue weighted by Crippen LogP contribution is 2.32. The van der Waals surface area contributed by atoms with E-state index in [1.807, 2.05) is 18.2 Å². The first-order valence-corrected chi connectivity index (χ1v) is 6.10. The van der Waals surface area contributed by atoms with Gasteiger partial charge in [0.15, 0.2) is 0 Å². The van der Waals surface area contributed by atoms with E-state index >= 15 is 0 Å². The Morgan fingerprint density at radius 2 is 2.13 bits per heavy atom. The van der Waals surface area contributed by atoms with E-state index in [0.29, 0.717) is 16.1 Å². The van der Waals surface area contributed by atoms with E-state index in [2.05, 4.69) is 12.2 Å². The molecule has 1 N–H and O–H groups in total. The number of hydrogen-bond donors (Lipinski definition) is 1. The lowest BCUT2D eigenvalue weighted by Gasteiger charge is -2.13. The van der Waals surface area contributed by atoms with Crippen molar-refractivity contribution in [2.45, 2.75) is 32.4 Å². The third-order valence-corrected chi connectivity index (χ3v) is 3.83. The standard InChI is InChI=1S/C12H15Cl2N/c1-8(9-5-6-9)15-7-10-3-2-4-11(13)12(10)14/h2-4,8-9,15H,5-7H2,1H3. The van der Waals surface area contributed by atoms with Gasteiger partial charge in [0.05, 0.1) is 10.0 Å². The molecule has 1 unspecified atom stereocenters. The molecule has 2 rings (SSSR count).